The van der Waals surface area contributed by atoms with Gasteiger partial charge < -0.3 is 9.26 Å². The molecule has 0 aliphatic carbocycles. The molecule has 0 aromatic carbocycles. The van der Waals surface area contributed by atoms with Crippen molar-refractivity contribution in [3.63, 3.8) is 0 Å². The highest BCUT2D eigenvalue weighted by atomic mass is 16.5. The van der Waals surface area contributed by atoms with Gasteiger partial charge in [-0.3, -0.25) is 4.79 Å². The molecule has 0 saturated carbocycles. The third-order valence-corrected chi connectivity index (χ3v) is 2.39. The summed E-state index contributed by atoms with van der Waals surface area (Å²) in [5.74, 6) is 1.05. The summed E-state index contributed by atoms with van der Waals surface area (Å²) in [6.45, 7) is 6.50. The smallest absolute Gasteiger partial charge is 0.234 e. The van der Waals surface area contributed by atoms with E-state index in [4.69, 9.17) is 9.26 Å². The Kier molecular flexibility index (Phi) is 5.83. The standard InChI is InChI=1S/C12H20N2O3/c1-4-7-9(15)8-11-13-12(14-17-11)10(5-2)16-6-3/h10H,4-8H2,1-3H3. The van der Waals surface area contributed by atoms with Crippen molar-refractivity contribution in [1.29, 1.82) is 0 Å². The van der Waals surface area contributed by atoms with Gasteiger partial charge in [-0.2, -0.15) is 4.98 Å². The van der Waals surface area contributed by atoms with Gasteiger partial charge in [0.15, 0.2) is 0 Å². The highest BCUT2D eigenvalue weighted by Crippen LogP contribution is 2.17. The number of nitrogens with zero attached hydrogens (tertiary/aromatic N) is 2. The molecule has 0 spiro atoms. The van der Waals surface area contributed by atoms with E-state index in [0.29, 0.717) is 24.7 Å². The second-order valence-corrected chi connectivity index (χ2v) is 3.86. The van der Waals surface area contributed by atoms with Gasteiger partial charge in [0.1, 0.15) is 11.9 Å². The average molecular weight is 240 g/mol. The molecule has 1 heterocycles. The zero-order valence-corrected chi connectivity index (χ0v) is 10.7. The summed E-state index contributed by atoms with van der Waals surface area (Å²) in [5.41, 5.74) is 0. The fourth-order valence-electron chi connectivity index (χ4n) is 1.58. The quantitative estimate of drug-likeness (QED) is 0.698. The first-order valence-corrected chi connectivity index (χ1v) is 6.16. The Balaban J connectivity index is 2.60. The highest BCUT2D eigenvalue weighted by molar-refractivity contribution is 5.79. The number of carbonyl (C=O) groups is 1. The van der Waals surface area contributed by atoms with Gasteiger partial charge >= 0.3 is 0 Å². The van der Waals surface area contributed by atoms with Crippen molar-refractivity contribution < 1.29 is 14.1 Å². The molecule has 0 fully saturated rings. The van der Waals surface area contributed by atoms with E-state index >= 15 is 0 Å². The van der Waals surface area contributed by atoms with Gasteiger partial charge in [0, 0.05) is 13.0 Å². The number of carbonyl (C=O) groups excluding carboxylic acids is 1. The molecule has 1 atom stereocenters. The predicted molar refractivity (Wildman–Crippen MR) is 62.6 cm³/mol. The normalized spacial score (nSPS) is 12.6. The molecule has 1 rings (SSSR count). The van der Waals surface area contributed by atoms with E-state index in [1.807, 2.05) is 20.8 Å². The molecule has 0 radical (unpaired) electrons. The maximum atomic E-state index is 11.4. The SMILES string of the molecule is CCCC(=O)Cc1nc(C(CC)OCC)no1. The van der Waals surface area contributed by atoms with E-state index in [1.165, 1.54) is 0 Å². The lowest BCUT2D eigenvalue weighted by Gasteiger charge is -2.09. The van der Waals surface area contributed by atoms with Gasteiger partial charge in [0.05, 0.1) is 6.42 Å². The zero-order chi connectivity index (χ0) is 12.7. The molecule has 1 unspecified atom stereocenters. The van der Waals surface area contributed by atoms with Crippen molar-refractivity contribution in [2.24, 2.45) is 0 Å². The van der Waals surface area contributed by atoms with Crippen LogP contribution in [0.15, 0.2) is 4.52 Å². The Labute approximate surface area is 102 Å². The van der Waals surface area contributed by atoms with Gasteiger partial charge in [0.25, 0.3) is 0 Å². The van der Waals surface area contributed by atoms with Crippen molar-refractivity contribution in [1.82, 2.24) is 10.1 Å². The number of hydrogen-bond donors (Lipinski definition) is 0. The summed E-state index contributed by atoms with van der Waals surface area (Å²) in [4.78, 5) is 15.6. The Bertz CT molecular complexity index is 349. The minimum atomic E-state index is -0.140. The van der Waals surface area contributed by atoms with Crippen molar-refractivity contribution in [3.05, 3.63) is 11.7 Å². The van der Waals surface area contributed by atoms with Crippen LogP contribution in [0.5, 0.6) is 0 Å². The van der Waals surface area contributed by atoms with Crippen molar-refractivity contribution in [3.8, 4) is 0 Å². The molecular weight excluding hydrogens is 220 g/mol. The van der Waals surface area contributed by atoms with Crippen LogP contribution in [0.4, 0.5) is 0 Å². The molecule has 0 amide bonds. The molecule has 0 aliphatic rings. The van der Waals surface area contributed by atoms with Crippen LogP contribution in [0.1, 0.15) is 57.9 Å². The third kappa shape index (κ3) is 4.26. The van der Waals surface area contributed by atoms with E-state index in [9.17, 15) is 4.79 Å². The van der Waals surface area contributed by atoms with Crippen LogP contribution in [-0.4, -0.2) is 22.5 Å². The average Bonchev–Trinajstić information content (AvgIpc) is 2.74. The lowest BCUT2D eigenvalue weighted by atomic mass is 10.2. The van der Waals surface area contributed by atoms with Crippen LogP contribution >= 0.6 is 0 Å². The first-order valence-electron chi connectivity index (χ1n) is 6.16. The van der Waals surface area contributed by atoms with E-state index in [1.54, 1.807) is 0 Å². The summed E-state index contributed by atoms with van der Waals surface area (Å²) in [6.07, 6.45) is 2.27. The monoisotopic (exact) mass is 240 g/mol. The fraction of sp³-hybridized carbons (Fsp3) is 0.750. The van der Waals surface area contributed by atoms with E-state index in [0.717, 1.165) is 12.8 Å². The number of hydrogen-bond acceptors (Lipinski definition) is 5. The Morgan fingerprint density at radius 1 is 1.41 bits per heavy atom. The molecule has 96 valence electrons. The highest BCUT2D eigenvalue weighted by Gasteiger charge is 2.17. The predicted octanol–water partition coefficient (Wildman–Crippen LogP) is 2.47. The third-order valence-electron chi connectivity index (χ3n) is 2.39. The zero-order valence-electron chi connectivity index (χ0n) is 10.7. The number of Topliss-reactive ketones (excluding diaryl/α,β-unsaturated/α-hetero) is 1. The maximum Gasteiger partial charge on any atom is 0.234 e. The van der Waals surface area contributed by atoms with E-state index in [-0.39, 0.29) is 18.3 Å². The molecule has 0 bridgehead atoms. The molecule has 0 N–H and O–H groups in total. The first kappa shape index (κ1) is 13.8. The van der Waals surface area contributed by atoms with Gasteiger partial charge in [-0.25, -0.2) is 0 Å². The van der Waals surface area contributed by atoms with Gasteiger partial charge in [-0.1, -0.05) is 19.0 Å². The number of ether oxygens (including phenoxy) is 1. The van der Waals surface area contributed by atoms with Crippen LogP contribution in [0, 0.1) is 0 Å². The van der Waals surface area contributed by atoms with Crippen molar-refractivity contribution in [2.75, 3.05) is 6.61 Å². The van der Waals surface area contributed by atoms with Gasteiger partial charge in [-0.15, -0.1) is 0 Å². The van der Waals surface area contributed by atoms with Crippen molar-refractivity contribution >= 4 is 5.78 Å². The van der Waals surface area contributed by atoms with Gasteiger partial charge in [-0.05, 0) is 19.8 Å². The summed E-state index contributed by atoms with van der Waals surface area (Å²) in [7, 11) is 0. The lowest BCUT2D eigenvalue weighted by molar-refractivity contribution is -0.118. The summed E-state index contributed by atoms with van der Waals surface area (Å²) < 4.78 is 10.5. The topological polar surface area (TPSA) is 65.2 Å². The van der Waals surface area contributed by atoms with Crippen LogP contribution in [0.25, 0.3) is 0 Å². The summed E-state index contributed by atoms with van der Waals surface area (Å²) in [6, 6.07) is 0. The number of rotatable bonds is 8. The number of aromatic nitrogens is 2. The second kappa shape index (κ2) is 7.17. The molecule has 5 heteroatoms. The minimum absolute atomic E-state index is 0.132. The Hall–Kier alpha value is -1.23. The fourth-order valence-corrected chi connectivity index (χ4v) is 1.58. The largest absolute Gasteiger partial charge is 0.370 e. The van der Waals surface area contributed by atoms with Crippen LogP contribution in [0.2, 0.25) is 0 Å². The number of ketones is 1. The van der Waals surface area contributed by atoms with Crippen LogP contribution in [0.3, 0.4) is 0 Å². The van der Waals surface area contributed by atoms with E-state index < -0.39 is 0 Å². The van der Waals surface area contributed by atoms with Crippen LogP contribution < -0.4 is 0 Å². The Morgan fingerprint density at radius 3 is 2.76 bits per heavy atom. The molecule has 0 aliphatic heterocycles. The second-order valence-electron chi connectivity index (χ2n) is 3.86. The summed E-state index contributed by atoms with van der Waals surface area (Å²) >= 11 is 0. The summed E-state index contributed by atoms with van der Waals surface area (Å²) in [5, 5.41) is 3.86. The molecule has 1 aromatic rings. The van der Waals surface area contributed by atoms with Crippen LogP contribution in [-0.2, 0) is 16.0 Å². The van der Waals surface area contributed by atoms with Crippen molar-refractivity contribution in [2.45, 2.75) is 52.6 Å². The molecule has 1 aromatic heterocycles. The molecular formula is C12H20N2O3. The molecule has 5 nitrogen and oxygen atoms in total. The lowest BCUT2D eigenvalue weighted by Crippen LogP contribution is -2.06. The minimum Gasteiger partial charge on any atom is -0.370 e. The Morgan fingerprint density at radius 2 is 2.18 bits per heavy atom. The molecule has 17 heavy (non-hydrogen) atoms. The molecule has 0 saturated heterocycles. The van der Waals surface area contributed by atoms with E-state index in [2.05, 4.69) is 10.1 Å². The first-order chi connectivity index (χ1) is 8.21. The maximum absolute atomic E-state index is 11.4. The van der Waals surface area contributed by atoms with Gasteiger partial charge in [0.2, 0.25) is 11.7 Å².